The Morgan fingerprint density at radius 2 is 1.89 bits per heavy atom. The number of furan rings is 1. The Kier molecular flexibility index (Phi) is 5.75. The molecule has 2 heterocycles. The highest BCUT2D eigenvalue weighted by Gasteiger charge is 2.38. The predicted molar refractivity (Wildman–Crippen MR) is 102 cm³/mol. The van der Waals surface area contributed by atoms with Gasteiger partial charge < -0.3 is 4.42 Å². The Morgan fingerprint density at radius 1 is 1.15 bits per heavy atom. The third-order valence-corrected chi connectivity index (χ3v) is 5.26. The van der Waals surface area contributed by atoms with Crippen LogP contribution in [0.3, 0.4) is 0 Å². The number of non-ortho nitro benzene ring substituents is 1. The fraction of sp³-hybridized carbons (Fsp3) is 0.263. The number of nitrogens with zero attached hydrogens (tertiary/aromatic N) is 2. The van der Waals surface area contributed by atoms with E-state index in [0.29, 0.717) is 34.1 Å². The van der Waals surface area contributed by atoms with Crippen LogP contribution in [0.2, 0.25) is 0 Å². The summed E-state index contributed by atoms with van der Waals surface area (Å²) in [5, 5.41) is 10.9. The Balaban J connectivity index is 1.94. The fourth-order valence-corrected chi connectivity index (χ4v) is 3.78. The summed E-state index contributed by atoms with van der Waals surface area (Å²) < 4.78 is 5.30. The molecule has 0 saturated carbocycles. The van der Waals surface area contributed by atoms with E-state index in [1.807, 2.05) is 6.92 Å². The molecule has 140 valence electrons. The van der Waals surface area contributed by atoms with Gasteiger partial charge in [0.1, 0.15) is 5.76 Å². The average Bonchev–Trinajstić information content (AvgIpc) is 3.25. The number of rotatable bonds is 8. The second kappa shape index (κ2) is 8.22. The quantitative estimate of drug-likeness (QED) is 0.387. The van der Waals surface area contributed by atoms with Crippen LogP contribution in [0.4, 0.5) is 5.69 Å². The number of imide groups is 1. The van der Waals surface area contributed by atoms with E-state index in [4.69, 9.17) is 4.42 Å². The Hall–Kier alpha value is -2.87. The molecule has 0 saturated heterocycles. The summed E-state index contributed by atoms with van der Waals surface area (Å²) >= 11 is 1.24. The van der Waals surface area contributed by atoms with E-state index in [1.165, 1.54) is 40.9 Å². The zero-order chi connectivity index (χ0) is 19.4. The van der Waals surface area contributed by atoms with Gasteiger partial charge in [0.15, 0.2) is 0 Å². The van der Waals surface area contributed by atoms with E-state index in [9.17, 15) is 19.7 Å². The standard InChI is InChI=1S/C19H18N2O5S/c1-2-3-10-20-18(22)16(13-6-8-14(9-7-13)21(24)25)17(19(20)23)27-12-15-5-4-11-26-15/h4-9,11H,2-3,10,12H2,1H3. The van der Waals surface area contributed by atoms with Gasteiger partial charge in [-0.1, -0.05) is 13.3 Å². The van der Waals surface area contributed by atoms with Gasteiger partial charge in [0.05, 0.1) is 27.4 Å². The number of benzene rings is 1. The molecule has 0 unspecified atom stereocenters. The summed E-state index contributed by atoms with van der Waals surface area (Å²) in [7, 11) is 0. The minimum Gasteiger partial charge on any atom is -0.468 e. The molecule has 1 aromatic carbocycles. The number of thioether (sulfide) groups is 1. The molecule has 7 nitrogen and oxygen atoms in total. The van der Waals surface area contributed by atoms with Crippen molar-refractivity contribution in [2.24, 2.45) is 0 Å². The van der Waals surface area contributed by atoms with Crippen LogP contribution in [-0.2, 0) is 15.3 Å². The molecule has 1 aliphatic rings. The van der Waals surface area contributed by atoms with Crippen LogP contribution in [0.5, 0.6) is 0 Å². The van der Waals surface area contributed by atoms with Gasteiger partial charge in [0.2, 0.25) is 0 Å². The Labute approximate surface area is 160 Å². The van der Waals surface area contributed by atoms with Gasteiger partial charge in [-0.05, 0) is 36.2 Å². The summed E-state index contributed by atoms with van der Waals surface area (Å²) in [4.78, 5) is 37.7. The van der Waals surface area contributed by atoms with Crippen LogP contribution in [0.15, 0.2) is 52.0 Å². The summed E-state index contributed by atoms with van der Waals surface area (Å²) in [6, 6.07) is 9.25. The van der Waals surface area contributed by atoms with Gasteiger partial charge in [-0.15, -0.1) is 11.8 Å². The third-order valence-electron chi connectivity index (χ3n) is 4.17. The SMILES string of the molecule is CCCCN1C(=O)C(SCc2ccco2)=C(c2ccc([N+](=O)[O-])cc2)C1=O. The second-order valence-electron chi connectivity index (χ2n) is 5.99. The van der Waals surface area contributed by atoms with Crippen LogP contribution in [0, 0.1) is 10.1 Å². The molecule has 0 N–H and O–H groups in total. The lowest BCUT2D eigenvalue weighted by atomic mass is 10.1. The molecule has 2 amide bonds. The van der Waals surface area contributed by atoms with E-state index in [-0.39, 0.29) is 17.5 Å². The molecular weight excluding hydrogens is 368 g/mol. The van der Waals surface area contributed by atoms with Gasteiger partial charge in [0, 0.05) is 18.7 Å². The van der Waals surface area contributed by atoms with Crippen molar-refractivity contribution in [2.75, 3.05) is 6.54 Å². The monoisotopic (exact) mass is 386 g/mol. The zero-order valence-corrected chi connectivity index (χ0v) is 15.5. The number of carbonyl (C=O) groups excluding carboxylic acids is 2. The molecule has 0 spiro atoms. The van der Waals surface area contributed by atoms with Gasteiger partial charge in [-0.3, -0.25) is 24.6 Å². The first-order valence-electron chi connectivity index (χ1n) is 8.53. The zero-order valence-electron chi connectivity index (χ0n) is 14.7. The number of unbranched alkanes of at least 4 members (excludes halogenated alkanes) is 1. The largest absolute Gasteiger partial charge is 0.468 e. The molecule has 0 aliphatic carbocycles. The lowest BCUT2D eigenvalue weighted by molar-refractivity contribution is -0.384. The summed E-state index contributed by atoms with van der Waals surface area (Å²) in [6.07, 6.45) is 3.14. The maximum atomic E-state index is 12.9. The van der Waals surface area contributed by atoms with E-state index in [2.05, 4.69) is 0 Å². The number of nitro benzene ring substituents is 1. The van der Waals surface area contributed by atoms with E-state index in [0.717, 1.165) is 12.8 Å². The van der Waals surface area contributed by atoms with Crippen LogP contribution in [0.1, 0.15) is 31.1 Å². The maximum absolute atomic E-state index is 12.9. The fourth-order valence-electron chi connectivity index (χ4n) is 2.75. The van der Waals surface area contributed by atoms with Crippen LogP contribution >= 0.6 is 11.8 Å². The third kappa shape index (κ3) is 3.95. The molecule has 0 atom stereocenters. The van der Waals surface area contributed by atoms with Crippen molar-refractivity contribution in [1.29, 1.82) is 0 Å². The summed E-state index contributed by atoms with van der Waals surface area (Å²) in [5.74, 6) is 0.435. The topological polar surface area (TPSA) is 93.7 Å². The highest BCUT2D eigenvalue weighted by Crippen LogP contribution is 2.38. The minimum atomic E-state index is -0.500. The van der Waals surface area contributed by atoms with Crippen molar-refractivity contribution < 1.29 is 18.9 Å². The van der Waals surface area contributed by atoms with Gasteiger partial charge in [-0.2, -0.15) is 0 Å². The van der Waals surface area contributed by atoms with Crippen molar-refractivity contribution in [2.45, 2.75) is 25.5 Å². The Morgan fingerprint density at radius 3 is 2.48 bits per heavy atom. The summed E-state index contributed by atoms with van der Waals surface area (Å²) in [5.41, 5.74) is 0.728. The number of amides is 2. The van der Waals surface area contributed by atoms with Crippen molar-refractivity contribution in [3.63, 3.8) is 0 Å². The Bertz CT molecular complexity index is 887. The van der Waals surface area contributed by atoms with Gasteiger partial charge in [0.25, 0.3) is 17.5 Å². The highest BCUT2D eigenvalue weighted by molar-refractivity contribution is 8.03. The van der Waals surface area contributed by atoms with Gasteiger partial charge >= 0.3 is 0 Å². The number of hydrogen-bond donors (Lipinski definition) is 0. The van der Waals surface area contributed by atoms with Gasteiger partial charge in [-0.25, -0.2) is 0 Å². The molecule has 27 heavy (non-hydrogen) atoms. The molecule has 0 fully saturated rings. The predicted octanol–water partition coefficient (Wildman–Crippen LogP) is 4.00. The lowest BCUT2D eigenvalue weighted by Gasteiger charge is -2.14. The first kappa shape index (κ1) is 18.9. The smallest absolute Gasteiger partial charge is 0.269 e. The molecular formula is C19H18N2O5S. The maximum Gasteiger partial charge on any atom is 0.269 e. The molecule has 1 aromatic heterocycles. The van der Waals surface area contributed by atoms with Crippen molar-refractivity contribution in [3.05, 3.63) is 69.0 Å². The number of hydrogen-bond acceptors (Lipinski definition) is 6. The second-order valence-corrected chi connectivity index (χ2v) is 6.98. The normalized spacial score (nSPS) is 14.3. The minimum absolute atomic E-state index is 0.0660. The summed E-state index contributed by atoms with van der Waals surface area (Å²) in [6.45, 7) is 2.34. The molecule has 8 heteroatoms. The van der Waals surface area contributed by atoms with Crippen molar-refractivity contribution in [1.82, 2.24) is 4.90 Å². The molecule has 0 radical (unpaired) electrons. The van der Waals surface area contributed by atoms with Crippen LogP contribution < -0.4 is 0 Å². The lowest BCUT2D eigenvalue weighted by Crippen LogP contribution is -2.32. The van der Waals surface area contributed by atoms with Crippen LogP contribution in [0.25, 0.3) is 5.57 Å². The first-order valence-corrected chi connectivity index (χ1v) is 9.52. The number of nitro groups is 1. The molecule has 2 aromatic rings. The average molecular weight is 386 g/mol. The molecule has 3 rings (SSSR count). The molecule has 1 aliphatic heterocycles. The van der Waals surface area contributed by atoms with E-state index < -0.39 is 4.92 Å². The van der Waals surface area contributed by atoms with E-state index in [1.54, 1.807) is 18.4 Å². The van der Waals surface area contributed by atoms with Crippen molar-refractivity contribution >= 4 is 34.8 Å². The molecule has 0 bridgehead atoms. The highest BCUT2D eigenvalue weighted by atomic mass is 32.2. The van der Waals surface area contributed by atoms with Crippen molar-refractivity contribution in [3.8, 4) is 0 Å². The first-order chi connectivity index (χ1) is 13.0. The van der Waals surface area contributed by atoms with Crippen LogP contribution in [-0.4, -0.2) is 28.2 Å². The number of carbonyl (C=O) groups is 2. The van der Waals surface area contributed by atoms with E-state index >= 15 is 0 Å².